The molecule has 0 fully saturated rings. The Kier molecular flexibility index (Phi) is 5.45. The van der Waals surface area contributed by atoms with Gasteiger partial charge in [0, 0.05) is 19.6 Å². The van der Waals surface area contributed by atoms with Crippen LogP contribution in [0.5, 0.6) is 5.75 Å². The molecule has 1 unspecified atom stereocenters. The molecule has 3 rings (SSSR count). The molecule has 0 bridgehead atoms. The summed E-state index contributed by atoms with van der Waals surface area (Å²) in [4.78, 5) is 2.31. The largest absolute Gasteiger partial charge is 0.491 e. The number of nitrogens with zero attached hydrogens (tertiary/aromatic N) is 1. The minimum absolute atomic E-state index is 0.0259. The van der Waals surface area contributed by atoms with Gasteiger partial charge in [0.25, 0.3) is 0 Å². The Bertz CT molecular complexity index is 705. The van der Waals surface area contributed by atoms with E-state index in [-0.39, 0.29) is 5.41 Å². The van der Waals surface area contributed by atoms with Crippen molar-refractivity contribution in [2.75, 3.05) is 19.7 Å². The molecule has 2 aromatic rings. The summed E-state index contributed by atoms with van der Waals surface area (Å²) in [7, 11) is 0. The number of fused-ring (bicyclic) bond motifs is 1. The number of aliphatic hydroxyl groups is 1. The molecule has 134 valence electrons. The van der Waals surface area contributed by atoms with Crippen LogP contribution in [0.2, 0.25) is 0 Å². The third-order valence-electron chi connectivity index (χ3n) is 4.80. The number of hydrogen-bond donors (Lipinski definition) is 1. The maximum atomic E-state index is 10.4. The van der Waals surface area contributed by atoms with Crippen LogP contribution in [0.25, 0.3) is 0 Å². The fourth-order valence-electron chi connectivity index (χ4n) is 3.46. The molecule has 1 atom stereocenters. The summed E-state index contributed by atoms with van der Waals surface area (Å²) in [5.74, 6) is 0.873. The molecular formula is C22H29NO2. The first-order valence-corrected chi connectivity index (χ1v) is 9.13. The average molecular weight is 339 g/mol. The van der Waals surface area contributed by atoms with Gasteiger partial charge in [-0.25, -0.2) is 0 Å². The molecule has 1 aliphatic rings. The van der Waals surface area contributed by atoms with E-state index in [0.717, 1.165) is 25.3 Å². The van der Waals surface area contributed by atoms with E-state index in [2.05, 4.69) is 56.0 Å². The van der Waals surface area contributed by atoms with Gasteiger partial charge in [0.05, 0.1) is 0 Å². The van der Waals surface area contributed by atoms with Crippen LogP contribution in [-0.4, -0.2) is 35.8 Å². The van der Waals surface area contributed by atoms with Crippen molar-refractivity contribution >= 4 is 0 Å². The summed E-state index contributed by atoms with van der Waals surface area (Å²) in [6.45, 7) is 9.40. The molecule has 25 heavy (non-hydrogen) atoms. The third kappa shape index (κ3) is 4.62. The second-order valence-electron chi connectivity index (χ2n) is 7.96. The zero-order valence-corrected chi connectivity index (χ0v) is 15.5. The van der Waals surface area contributed by atoms with Crippen molar-refractivity contribution in [3.8, 4) is 5.75 Å². The number of hydrogen-bond acceptors (Lipinski definition) is 3. The van der Waals surface area contributed by atoms with Gasteiger partial charge in [-0.05, 0) is 34.6 Å². The van der Waals surface area contributed by atoms with E-state index in [0.29, 0.717) is 13.2 Å². The molecule has 0 saturated carbocycles. The number of aliphatic hydroxyl groups excluding tert-OH is 1. The van der Waals surface area contributed by atoms with E-state index in [4.69, 9.17) is 4.74 Å². The Morgan fingerprint density at radius 3 is 2.48 bits per heavy atom. The van der Waals surface area contributed by atoms with Crippen molar-refractivity contribution in [2.45, 2.75) is 45.3 Å². The van der Waals surface area contributed by atoms with Gasteiger partial charge in [-0.3, -0.25) is 4.90 Å². The van der Waals surface area contributed by atoms with E-state index in [9.17, 15) is 5.11 Å². The SMILES string of the molecule is CC(C)(C)c1ccccc1OCC(O)CN1CCc2ccccc2C1. The minimum atomic E-state index is -0.488. The van der Waals surface area contributed by atoms with Crippen LogP contribution in [0.15, 0.2) is 48.5 Å². The highest BCUT2D eigenvalue weighted by molar-refractivity contribution is 5.38. The van der Waals surface area contributed by atoms with Crippen LogP contribution in [0.1, 0.15) is 37.5 Å². The Morgan fingerprint density at radius 2 is 1.72 bits per heavy atom. The molecule has 3 heteroatoms. The third-order valence-corrected chi connectivity index (χ3v) is 4.80. The average Bonchev–Trinajstić information content (AvgIpc) is 2.59. The summed E-state index contributed by atoms with van der Waals surface area (Å²) in [6, 6.07) is 16.7. The molecule has 0 amide bonds. The van der Waals surface area contributed by atoms with Gasteiger partial charge in [0.1, 0.15) is 18.5 Å². The Hall–Kier alpha value is -1.84. The van der Waals surface area contributed by atoms with Gasteiger partial charge in [-0.1, -0.05) is 63.2 Å². The zero-order chi connectivity index (χ0) is 17.9. The Balaban J connectivity index is 1.55. The molecule has 2 aromatic carbocycles. The number of benzene rings is 2. The molecule has 1 heterocycles. The maximum Gasteiger partial charge on any atom is 0.123 e. The summed E-state index contributed by atoms with van der Waals surface area (Å²) >= 11 is 0. The monoisotopic (exact) mass is 339 g/mol. The van der Waals surface area contributed by atoms with Gasteiger partial charge < -0.3 is 9.84 Å². The van der Waals surface area contributed by atoms with E-state index in [1.54, 1.807) is 0 Å². The predicted molar refractivity (Wildman–Crippen MR) is 102 cm³/mol. The van der Waals surface area contributed by atoms with Crippen LogP contribution < -0.4 is 4.74 Å². The van der Waals surface area contributed by atoms with E-state index in [1.165, 1.54) is 16.7 Å². The summed E-state index contributed by atoms with van der Waals surface area (Å²) in [6.07, 6.45) is 0.564. The quantitative estimate of drug-likeness (QED) is 0.900. The van der Waals surface area contributed by atoms with E-state index < -0.39 is 6.10 Å². The normalized spacial score (nSPS) is 16.3. The highest BCUT2D eigenvalue weighted by Gasteiger charge is 2.21. The number of para-hydroxylation sites is 1. The topological polar surface area (TPSA) is 32.7 Å². The lowest BCUT2D eigenvalue weighted by Gasteiger charge is -2.30. The molecule has 1 N–H and O–H groups in total. The summed E-state index contributed by atoms with van der Waals surface area (Å²) in [5, 5.41) is 10.4. The summed E-state index contributed by atoms with van der Waals surface area (Å²) in [5.41, 5.74) is 4.01. The minimum Gasteiger partial charge on any atom is -0.491 e. The smallest absolute Gasteiger partial charge is 0.123 e. The van der Waals surface area contributed by atoms with Gasteiger partial charge in [-0.15, -0.1) is 0 Å². The van der Waals surface area contributed by atoms with Crippen LogP contribution in [0.4, 0.5) is 0 Å². The van der Waals surface area contributed by atoms with Gasteiger partial charge in [0.2, 0.25) is 0 Å². The van der Waals surface area contributed by atoms with E-state index in [1.807, 2.05) is 18.2 Å². The number of β-amino-alcohol motifs (C(OH)–C–C–N with tert-alkyl or cyclic N) is 1. The standard InChI is InChI=1S/C22H29NO2/c1-22(2,3)20-10-6-7-11-21(20)25-16-19(24)15-23-13-12-17-8-4-5-9-18(17)14-23/h4-11,19,24H,12-16H2,1-3H3. The first-order chi connectivity index (χ1) is 11.9. The zero-order valence-electron chi connectivity index (χ0n) is 15.5. The second kappa shape index (κ2) is 7.59. The molecule has 3 nitrogen and oxygen atoms in total. The Morgan fingerprint density at radius 1 is 1.04 bits per heavy atom. The molecule has 1 aliphatic heterocycles. The van der Waals surface area contributed by atoms with Crippen LogP contribution in [0.3, 0.4) is 0 Å². The molecular weight excluding hydrogens is 310 g/mol. The molecule has 0 aliphatic carbocycles. The lowest BCUT2D eigenvalue weighted by atomic mass is 9.86. The van der Waals surface area contributed by atoms with Crippen molar-refractivity contribution in [2.24, 2.45) is 0 Å². The number of ether oxygens (including phenoxy) is 1. The molecule has 0 radical (unpaired) electrons. The summed E-state index contributed by atoms with van der Waals surface area (Å²) < 4.78 is 5.96. The van der Waals surface area contributed by atoms with Crippen LogP contribution in [0, 0.1) is 0 Å². The first-order valence-electron chi connectivity index (χ1n) is 9.13. The van der Waals surface area contributed by atoms with E-state index >= 15 is 0 Å². The molecule has 0 aromatic heterocycles. The molecule has 0 spiro atoms. The van der Waals surface area contributed by atoms with Gasteiger partial charge in [0.15, 0.2) is 0 Å². The maximum absolute atomic E-state index is 10.4. The highest BCUT2D eigenvalue weighted by atomic mass is 16.5. The van der Waals surface area contributed by atoms with Gasteiger partial charge >= 0.3 is 0 Å². The first kappa shape index (κ1) is 18.0. The van der Waals surface area contributed by atoms with Gasteiger partial charge in [-0.2, -0.15) is 0 Å². The predicted octanol–water partition coefficient (Wildman–Crippen LogP) is 3.78. The lowest BCUT2D eigenvalue weighted by Crippen LogP contribution is -2.38. The van der Waals surface area contributed by atoms with Crippen molar-refractivity contribution in [3.05, 3.63) is 65.2 Å². The van der Waals surface area contributed by atoms with Crippen molar-refractivity contribution in [1.82, 2.24) is 4.90 Å². The van der Waals surface area contributed by atoms with Crippen molar-refractivity contribution in [3.63, 3.8) is 0 Å². The Labute approximate surface area is 151 Å². The fraction of sp³-hybridized carbons (Fsp3) is 0.455. The van der Waals surface area contributed by atoms with Crippen LogP contribution in [-0.2, 0) is 18.4 Å². The fourth-order valence-corrected chi connectivity index (χ4v) is 3.46. The molecule has 0 saturated heterocycles. The van der Waals surface area contributed by atoms with Crippen LogP contribution >= 0.6 is 0 Å². The lowest BCUT2D eigenvalue weighted by molar-refractivity contribution is 0.0631. The highest BCUT2D eigenvalue weighted by Crippen LogP contribution is 2.31. The van der Waals surface area contributed by atoms with Crippen molar-refractivity contribution < 1.29 is 9.84 Å². The second-order valence-corrected chi connectivity index (χ2v) is 7.96. The van der Waals surface area contributed by atoms with Crippen molar-refractivity contribution in [1.29, 1.82) is 0 Å². The number of rotatable bonds is 5.